The Morgan fingerprint density at radius 2 is 1.79 bits per heavy atom. The molecule has 0 aromatic heterocycles. The van der Waals surface area contributed by atoms with Crippen LogP contribution in [0.1, 0.15) is 10.4 Å². The van der Waals surface area contributed by atoms with Gasteiger partial charge in [0.2, 0.25) is 0 Å². The van der Waals surface area contributed by atoms with Gasteiger partial charge >= 0.3 is 0 Å². The highest BCUT2D eigenvalue weighted by atomic mass is 79.9. The summed E-state index contributed by atoms with van der Waals surface area (Å²) in [7, 11) is 0. The lowest BCUT2D eigenvalue weighted by atomic mass is 10.2. The largest absolute Gasteiger partial charge is 0.322 e. The second-order valence-corrected chi connectivity index (χ2v) is 5.35. The zero-order valence-corrected chi connectivity index (χ0v) is 12.5. The van der Waals surface area contributed by atoms with Gasteiger partial charge in [0.25, 0.3) is 5.91 Å². The Bertz CT molecular complexity index is 628. The maximum Gasteiger partial charge on any atom is 0.258 e. The van der Waals surface area contributed by atoms with Gasteiger partial charge in [0.15, 0.2) is 0 Å². The second-order valence-electron chi connectivity index (χ2n) is 3.68. The zero-order valence-electron chi connectivity index (χ0n) is 9.38. The summed E-state index contributed by atoms with van der Waals surface area (Å²) in [6.07, 6.45) is 0. The molecule has 0 radical (unpaired) electrons. The van der Waals surface area contributed by atoms with E-state index in [-0.39, 0.29) is 15.6 Å². The molecule has 0 aliphatic heterocycles. The van der Waals surface area contributed by atoms with Crippen LogP contribution >= 0.6 is 39.1 Å². The maximum atomic E-state index is 13.3. The van der Waals surface area contributed by atoms with Crippen LogP contribution in [0.25, 0.3) is 0 Å². The van der Waals surface area contributed by atoms with E-state index in [4.69, 9.17) is 23.2 Å². The van der Waals surface area contributed by atoms with Crippen molar-refractivity contribution < 1.29 is 9.18 Å². The second kappa shape index (κ2) is 5.90. The minimum atomic E-state index is -0.489. The summed E-state index contributed by atoms with van der Waals surface area (Å²) in [6.45, 7) is 0. The highest BCUT2D eigenvalue weighted by Crippen LogP contribution is 2.26. The molecule has 0 saturated heterocycles. The van der Waals surface area contributed by atoms with Crippen LogP contribution < -0.4 is 5.32 Å². The normalized spacial score (nSPS) is 10.3. The molecule has 2 nitrogen and oxygen atoms in total. The van der Waals surface area contributed by atoms with Crippen molar-refractivity contribution in [1.29, 1.82) is 0 Å². The van der Waals surface area contributed by atoms with Crippen molar-refractivity contribution >= 4 is 50.7 Å². The number of nitrogens with one attached hydrogen (secondary N) is 1. The van der Waals surface area contributed by atoms with Crippen LogP contribution in [0.4, 0.5) is 10.1 Å². The molecule has 0 aliphatic carbocycles. The van der Waals surface area contributed by atoms with Crippen LogP contribution in [0.2, 0.25) is 10.0 Å². The molecule has 0 aliphatic rings. The third kappa shape index (κ3) is 3.26. The summed E-state index contributed by atoms with van der Waals surface area (Å²) in [4.78, 5) is 12.0. The zero-order chi connectivity index (χ0) is 14.0. The summed E-state index contributed by atoms with van der Waals surface area (Å²) in [5, 5.41) is 3.02. The summed E-state index contributed by atoms with van der Waals surface area (Å²) in [5.74, 6) is -0.958. The number of carbonyl (C=O) groups is 1. The molecule has 1 N–H and O–H groups in total. The van der Waals surface area contributed by atoms with E-state index in [1.165, 1.54) is 12.1 Å². The fourth-order valence-electron chi connectivity index (χ4n) is 1.48. The first-order chi connectivity index (χ1) is 8.99. The average Bonchev–Trinajstić information content (AvgIpc) is 2.33. The lowest BCUT2D eigenvalue weighted by Crippen LogP contribution is -2.13. The Kier molecular flexibility index (Phi) is 4.45. The summed E-state index contributed by atoms with van der Waals surface area (Å²) < 4.78 is 13.7. The van der Waals surface area contributed by atoms with E-state index in [2.05, 4.69) is 21.2 Å². The van der Waals surface area contributed by atoms with Gasteiger partial charge in [0.1, 0.15) is 5.82 Å². The molecule has 6 heteroatoms. The van der Waals surface area contributed by atoms with E-state index in [1.807, 2.05) is 0 Å². The fourth-order valence-corrected chi connectivity index (χ4v) is 2.30. The number of benzene rings is 2. The molecule has 0 spiro atoms. The van der Waals surface area contributed by atoms with Crippen LogP contribution in [-0.2, 0) is 0 Å². The van der Waals surface area contributed by atoms with Gasteiger partial charge in [-0.15, -0.1) is 0 Å². The van der Waals surface area contributed by atoms with Gasteiger partial charge in [-0.25, -0.2) is 4.39 Å². The van der Waals surface area contributed by atoms with Gasteiger partial charge in [0.05, 0.1) is 20.1 Å². The number of rotatable bonds is 2. The minimum absolute atomic E-state index is 0.161. The number of carbonyl (C=O) groups excluding carboxylic acids is 1. The molecule has 0 fully saturated rings. The molecule has 2 aromatic carbocycles. The van der Waals surface area contributed by atoms with Crippen molar-refractivity contribution in [2.75, 3.05) is 5.32 Å². The van der Waals surface area contributed by atoms with Gasteiger partial charge in [-0.1, -0.05) is 29.3 Å². The average molecular weight is 363 g/mol. The van der Waals surface area contributed by atoms with E-state index in [0.717, 1.165) is 0 Å². The first kappa shape index (κ1) is 14.3. The number of anilines is 1. The number of halogens is 4. The molecule has 1 amide bonds. The molecule has 2 rings (SSSR count). The summed E-state index contributed by atoms with van der Waals surface area (Å²) in [6, 6.07) is 9.03. The van der Waals surface area contributed by atoms with E-state index in [0.29, 0.717) is 10.2 Å². The van der Waals surface area contributed by atoms with Crippen molar-refractivity contribution in [2.24, 2.45) is 0 Å². The predicted octanol–water partition coefficient (Wildman–Crippen LogP) is 5.15. The third-order valence-corrected chi connectivity index (χ3v) is 3.64. The highest BCUT2D eigenvalue weighted by Gasteiger charge is 2.15. The van der Waals surface area contributed by atoms with Gasteiger partial charge in [-0.2, -0.15) is 0 Å². The molecular weight excluding hydrogens is 356 g/mol. The molecule has 0 saturated carbocycles. The molecule has 2 aromatic rings. The van der Waals surface area contributed by atoms with Gasteiger partial charge in [-0.05, 0) is 46.3 Å². The number of hydrogen-bond acceptors (Lipinski definition) is 1. The Morgan fingerprint density at radius 1 is 1.16 bits per heavy atom. The lowest BCUT2D eigenvalue weighted by Gasteiger charge is -2.08. The Labute approximate surface area is 127 Å². The van der Waals surface area contributed by atoms with Crippen molar-refractivity contribution in [2.45, 2.75) is 0 Å². The van der Waals surface area contributed by atoms with Crippen molar-refractivity contribution in [3.63, 3.8) is 0 Å². The third-order valence-electron chi connectivity index (χ3n) is 2.37. The van der Waals surface area contributed by atoms with Crippen molar-refractivity contribution in [1.82, 2.24) is 0 Å². The van der Waals surface area contributed by atoms with E-state index in [9.17, 15) is 9.18 Å². The van der Waals surface area contributed by atoms with Crippen LogP contribution in [0.15, 0.2) is 40.9 Å². The van der Waals surface area contributed by atoms with Gasteiger partial charge in [0, 0.05) is 5.69 Å². The fraction of sp³-hybridized carbons (Fsp3) is 0. The molecule has 98 valence electrons. The first-order valence-corrected chi connectivity index (χ1v) is 6.74. The van der Waals surface area contributed by atoms with Crippen LogP contribution in [0.3, 0.4) is 0 Å². The van der Waals surface area contributed by atoms with E-state index < -0.39 is 11.7 Å². The molecular formula is C13H7BrCl2FNO. The van der Waals surface area contributed by atoms with Crippen molar-refractivity contribution in [3.05, 3.63) is 62.3 Å². The van der Waals surface area contributed by atoms with Crippen LogP contribution in [-0.4, -0.2) is 5.91 Å². The van der Waals surface area contributed by atoms with Gasteiger partial charge < -0.3 is 5.32 Å². The molecule has 19 heavy (non-hydrogen) atoms. The quantitative estimate of drug-likeness (QED) is 0.786. The summed E-state index contributed by atoms with van der Waals surface area (Å²) in [5.41, 5.74) is 0.482. The maximum absolute atomic E-state index is 13.3. The minimum Gasteiger partial charge on any atom is -0.322 e. The topological polar surface area (TPSA) is 29.1 Å². The Morgan fingerprint density at radius 3 is 2.37 bits per heavy atom. The highest BCUT2D eigenvalue weighted by molar-refractivity contribution is 9.10. The molecule has 0 bridgehead atoms. The first-order valence-electron chi connectivity index (χ1n) is 5.19. The van der Waals surface area contributed by atoms with Crippen molar-refractivity contribution in [3.8, 4) is 0 Å². The van der Waals surface area contributed by atoms with Gasteiger partial charge in [-0.3, -0.25) is 4.79 Å². The molecule has 0 unspecified atom stereocenters. The molecule has 0 heterocycles. The lowest BCUT2D eigenvalue weighted by molar-refractivity contribution is 0.102. The van der Waals surface area contributed by atoms with E-state index in [1.54, 1.807) is 24.3 Å². The van der Waals surface area contributed by atoms with Crippen LogP contribution in [0.5, 0.6) is 0 Å². The number of hydrogen-bond donors (Lipinski definition) is 1. The number of amides is 1. The predicted molar refractivity (Wildman–Crippen MR) is 78.5 cm³/mol. The Balaban J connectivity index is 2.28. The van der Waals surface area contributed by atoms with E-state index >= 15 is 0 Å². The Hall–Kier alpha value is -1.10. The van der Waals surface area contributed by atoms with Crippen LogP contribution in [0, 0.1) is 5.82 Å². The molecule has 0 atom stereocenters. The smallest absolute Gasteiger partial charge is 0.258 e. The standard InChI is InChI=1S/C13H7BrCl2FNO/c14-8-5-4-7(6-11(8)17)18-13(19)12-9(15)2-1-3-10(12)16/h1-6H,(H,18,19). The monoisotopic (exact) mass is 361 g/mol. The summed E-state index contributed by atoms with van der Waals surface area (Å²) >= 11 is 14.9. The SMILES string of the molecule is O=C(Nc1ccc(Br)c(F)c1)c1c(Cl)cccc1Cl.